The van der Waals surface area contributed by atoms with Crippen molar-refractivity contribution >= 4 is 11.8 Å². The van der Waals surface area contributed by atoms with Crippen LogP contribution in [0.25, 0.3) is 0 Å². The molecule has 2 unspecified atom stereocenters. The van der Waals surface area contributed by atoms with Crippen LogP contribution < -0.4 is 5.32 Å². The van der Waals surface area contributed by atoms with Crippen LogP contribution in [-0.4, -0.2) is 72.7 Å². The molecule has 0 amide bonds. The Labute approximate surface area is 104 Å². The summed E-state index contributed by atoms with van der Waals surface area (Å²) in [5.74, 6) is 2.58. The zero-order chi connectivity index (χ0) is 11.4. The maximum Gasteiger partial charge on any atom is 0.0285 e. The van der Waals surface area contributed by atoms with Crippen LogP contribution in [0, 0.1) is 0 Å². The minimum Gasteiger partial charge on any atom is -0.311 e. The first-order valence-electron chi connectivity index (χ1n) is 6.57. The van der Waals surface area contributed by atoms with Crippen LogP contribution >= 0.6 is 11.8 Å². The van der Waals surface area contributed by atoms with Gasteiger partial charge in [0.2, 0.25) is 0 Å². The predicted molar refractivity (Wildman–Crippen MR) is 72.3 cm³/mol. The summed E-state index contributed by atoms with van der Waals surface area (Å²) in [5.41, 5.74) is 0. The van der Waals surface area contributed by atoms with Gasteiger partial charge in [-0.1, -0.05) is 6.92 Å². The van der Waals surface area contributed by atoms with Gasteiger partial charge in [-0.15, -0.1) is 0 Å². The normalized spacial score (nSPS) is 34.1. The molecule has 2 aliphatic heterocycles. The molecule has 2 fully saturated rings. The second-order valence-electron chi connectivity index (χ2n) is 4.96. The molecule has 4 heteroatoms. The fourth-order valence-corrected chi connectivity index (χ4v) is 3.69. The third-order valence-corrected chi connectivity index (χ3v) is 4.86. The summed E-state index contributed by atoms with van der Waals surface area (Å²) in [6.07, 6.45) is 0. The lowest BCUT2D eigenvalue weighted by atomic mass is 10.1. The standard InChI is InChI=1S/C12H25N3S/c1-3-15-6-5-14(8-11(15)2)9-12-10-16-7-4-13-12/h11-13H,3-10H2,1-2H3. The zero-order valence-electron chi connectivity index (χ0n) is 10.6. The van der Waals surface area contributed by atoms with Crippen molar-refractivity contribution in [1.29, 1.82) is 0 Å². The number of likely N-dealkylation sites (N-methyl/N-ethyl adjacent to an activating group) is 1. The first-order valence-corrected chi connectivity index (χ1v) is 7.72. The van der Waals surface area contributed by atoms with Crippen LogP contribution in [0.2, 0.25) is 0 Å². The van der Waals surface area contributed by atoms with E-state index >= 15 is 0 Å². The highest BCUT2D eigenvalue weighted by Gasteiger charge is 2.24. The number of thioether (sulfide) groups is 1. The summed E-state index contributed by atoms with van der Waals surface area (Å²) in [5, 5.41) is 3.63. The van der Waals surface area contributed by atoms with E-state index in [1.807, 2.05) is 0 Å². The van der Waals surface area contributed by atoms with E-state index in [-0.39, 0.29) is 0 Å². The SMILES string of the molecule is CCN1CCN(CC2CSCCN2)CC1C. The Bertz CT molecular complexity index is 206. The van der Waals surface area contributed by atoms with Crippen LogP contribution in [0.1, 0.15) is 13.8 Å². The highest BCUT2D eigenvalue weighted by Crippen LogP contribution is 2.12. The summed E-state index contributed by atoms with van der Waals surface area (Å²) < 4.78 is 0. The van der Waals surface area contributed by atoms with Gasteiger partial charge in [-0.2, -0.15) is 11.8 Å². The van der Waals surface area contributed by atoms with Crippen molar-refractivity contribution in [3.8, 4) is 0 Å². The van der Waals surface area contributed by atoms with Gasteiger partial charge in [0.25, 0.3) is 0 Å². The van der Waals surface area contributed by atoms with Gasteiger partial charge in [0.05, 0.1) is 0 Å². The molecule has 2 atom stereocenters. The molecule has 0 aromatic heterocycles. The number of nitrogens with zero attached hydrogens (tertiary/aromatic N) is 2. The molecule has 2 rings (SSSR count). The molecule has 2 heterocycles. The Kier molecular flexibility index (Phi) is 4.95. The van der Waals surface area contributed by atoms with E-state index in [2.05, 4.69) is 40.7 Å². The Morgan fingerprint density at radius 2 is 2.25 bits per heavy atom. The van der Waals surface area contributed by atoms with Crippen molar-refractivity contribution in [1.82, 2.24) is 15.1 Å². The lowest BCUT2D eigenvalue weighted by molar-refractivity contribution is 0.0829. The van der Waals surface area contributed by atoms with E-state index < -0.39 is 0 Å². The summed E-state index contributed by atoms with van der Waals surface area (Å²) in [6, 6.07) is 1.45. The smallest absolute Gasteiger partial charge is 0.0285 e. The maximum absolute atomic E-state index is 3.63. The molecule has 3 nitrogen and oxygen atoms in total. The third-order valence-electron chi connectivity index (χ3n) is 3.73. The van der Waals surface area contributed by atoms with Gasteiger partial charge in [-0.05, 0) is 13.5 Å². The van der Waals surface area contributed by atoms with Crippen LogP contribution in [0.5, 0.6) is 0 Å². The van der Waals surface area contributed by atoms with Crippen molar-refractivity contribution in [2.45, 2.75) is 25.9 Å². The lowest BCUT2D eigenvalue weighted by Crippen LogP contribution is -2.55. The van der Waals surface area contributed by atoms with Gasteiger partial charge in [-0.25, -0.2) is 0 Å². The van der Waals surface area contributed by atoms with Crippen molar-refractivity contribution in [3.05, 3.63) is 0 Å². The van der Waals surface area contributed by atoms with Crippen LogP contribution in [-0.2, 0) is 0 Å². The monoisotopic (exact) mass is 243 g/mol. The summed E-state index contributed by atoms with van der Waals surface area (Å²) in [4.78, 5) is 5.22. The van der Waals surface area contributed by atoms with Gasteiger partial charge in [-0.3, -0.25) is 9.80 Å². The van der Waals surface area contributed by atoms with Crippen molar-refractivity contribution in [2.24, 2.45) is 0 Å². The van der Waals surface area contributed by atoms with E-state index in [9.17, 15) is 0 Å². The lowest BCUT2D eigenvalue weighted by Gasteiger charge is -2.41. The second kappa shape index (κ2) is 6.24. The van der Waals surface area contributed by atoms with Crippen LogP contribution in [0.4, 0.5) is 0 Å². The fourth-order valence-electron chi connectivity index (χ4n) is 2.75. The number of nitrogens with one attached hydrogen (secondary N) is 1. The van der Waals surface area contributed by atoms with Gasteiger partial charge in [0.15, 0.2) is 0 Å². The molecule has 0 radical (unpaired) electrons. The minimum absolute atomic E-state index is 0.721. The maximum atomic E-state index is 3.63. The first kappa shape index (κ1) is 12.7. The fraction of sp³-hybridized carbons (Fsp3) is 1.00. The molecule has 94 valence electrons. The topological polar surface area (TPSA) is 18.5 Å². The largest absolute Gasteiger partial charge is 0.311 e. The van der Waals surface area contributed by atoms with Crippen LogP contribution in [0.3, 0.4) is 0 Å². The molecular weight excluding hydrogens is 218 g/mol. The highest BCUT2D eigenvalue weighted by atomic mass is 32.2. The Morgan fingerprint density at radius 3 is 2.88 bits per heavy atom. The molecule has 0 aliphatic carbocycles. The predicted octanol–water partition coefficient (Wildman–Crippen LogP) is 0.717. The van der Waals surface area contributed by atoms with Gasteiger partial charge < -0.3 is 5.32 Å². The van der Waals surface area contributed by atoms with E-state index in [1.54, 1.807) is 0 Å². The van der Waals surface area contributed by atoms with E-state index in [4.69, 9.17) is 0 Å². The van der Waals surface area contributed by atoms with Gasteiger partial charge >= 0.3 is 0 Å². The average Bonchev–Trinajstić information content (AvgIpc) is 2.31. The average molecular weight is 243 g/mol. The van der Waals surface area contributed by atoms with E-state index in [0.717, 1.165) is 12.1 Å². The van der Waals surface area contributed by atoms with Gasteiger partial charge in [0, 0.05) is 56.3 Å². The van der Waals surface area contributed by atoms with E-state index in [0.29, 0.717) is 0 Å². The molecule has 2 aliphatic rings. The van der Waals surface area contributed by atoms with Gasteiger partial charge in [0.1, 0.15) is 0 Å². The highest BCUT2D eigenvalue weighted by molar-refractivity contribution is 7.99. The molecule has 0 aromatic carbocycles. The molecule has 0 saturated carbocycles. The number of hydrogen-bond acceptors (Lipinski definition) is 4. The molecule has 0 spiro atoms. The van der Waals surface area contributed by atoms with Crippen molar-refractivity contribution < 1.29 is 0 Å². The quantitative estimate of drug-likeness (QED) is 0.787. The number of rotatable bonds is 3. The Balaban J connectivity index is 1.74. The Morgan fingerprint density at radius 1 is 1.38 bits per heavy atom. The number of hydrogen-bond donors (Lipinski definition) is 1. The second-order valence-corrected chi connectivity index (χ2v) is 6.11. The summed E-state index contributed by atoms with van der Waals surface area (Å²) in [6.45, 7) is 12.0. The first-order chi connectivity index (χ1) is 7.79. The van der Waals surface area contributed by atoms with Crippen LogP contribution in [0.15, 0.2) is 0 Å². The van der Waals surface area contributed by atoms with Crippen molar-refractivity contribution in [2.75, 3.05) is 50.8 Å². The third kappa shape index (κ3) is 3.36. The Hall–Kier alpha value is 0.230. The van der Waals surface area contributed by atoms with Crippen molar-refractivity contribution in [3.63, 3.8) is 0 Å². The molecule has 0 bridgehead atoms. The number of piperazine rings is 1. The molecule has 2 saturated heterocycles. The minimum atomic E-state index is 0.721. The zero-order valence-corrected chi connectivity index (χ0v) is 11.4. The molecular formula is C12H25N3S. The molecule has 16 heavy (non-hydrogen) atoms. The molecule has 1 N–H and O–H groups in total. The molecule has 0 aromatic rings. The van der Waals surface area contributed by atoms with E-state index in [1.165, 1.54) is 50.8 Å². The summed E-state index contributed by atoms with van der Waals surface area (Å²) >= 11 is 2.10. The summed E-state index contributed by atoms with van der Waals surface area (Å²) in [7, 11) is 0.